The zero-order valence-electron chi connectivity index (χ0n) is 13.6. The van der Waals surface area contributed by atoms with Gasteiger partial charge in [-0.15, -0.1) is 11.7 Å². The molecule has 1 amide bonds. The van der Waals surface area contributed by atoms with Crippen molar-refractivity contribution in [3.63, 3.8) is 0 Å². The normalized spacial score (nSPS) is 18.8. The number of carbonyl (C=O) groups excluding carboxylic acids is 1. The van der Waals surface area contributed by atoms with E-state index in [1.807, 2.05) is 17.2 Å². The third kappa shape index (κ3) is 4.39. The van der Waals surface area contributed by atoms with Gasteiger partial charge in [0.1, 0.15) is 0 Å². The minimum Gasteiger partial charge on any atom is -0.379 e. The molecule has 0 N–H and O–H groups in total. The van der Waals surface area contributed by atoms with Gasteiger partial charge in [-0.05, 0) is 19.3 Å². The summed E-state index contributed by atoms with van der Waals surface area (Å²) in [6.45, 7) is 9.37. The molecule has 0 atom stereocenters. The molecule has 0 bridgehead atoms. The SMILES string of the molecule is C=CCCn1cc(N(CCN2CCOCC2)C(=O)C2CC2)nn1. The molecule has 1 saturated carbocycles. The van der Waals surface area contributed by atoms with Crippen molar-refractivity contribution in [2.75, 3.05) is 44.3 Å². The Balaban J connectivity index is 1.63. The Hall–Kier alpha value is -1.73. The fourth-order valence-corrected chi connectivity index (χ4v) is 2.70. The van der Waals surface area contributed by atoms with Crippen LogP contribution in [0.25, 0.3) is 0 Å². The van der Waals surface area contributed by atoms with Gasteiger partial charge in [0.25, 0.3) is 0 Å². The first kappa shape index (κ1) is 16.1. The van der Waals surface area contributed by atoms with Crippen LogP contribution in [0.1, 0.15) is 19.3 Å². The van der Waals surface area contributed by atoms with Gasteiger partial charge in [0.2, 0.25) is 5.91 Å². The molecule has 2 aliphatic rings. The molecule has 23 heavy (non-hydrogen) atoms. The number of anilines is 1. The summed E-state index contributed by atoms with van der Waals surface area (Å²) >= 11 is 0. The lowest BCUT2D eigenvalue weighted by Crippen LogP contribution is -2.43. The van der Waals surface area contributed by atoms with E-state index in [4.69, 9.17) is 4.74 Å². The lowest BCUT2D eigenvalue weighted by atomic mass is 10.3. The second-order valence-corrected chi connectivity index (χ2v) is 6.14. The molecule has 7 nitrogen and oxygen atoms in total. The summed E-state index contributed by atoms with van der Waals surface area (Å²) in [5.74, 6) is 1.03. The molecule has 1 saturated heterocycles. The van der Waals surface area contributed by atoms with Crippen molar-refractivity contribution < 1.29 is 9.53 Å². The molecule has 126 valence electrons. The zero-order chi connectivity index (χ0) is 16.1. The Bertz CT molecular complexity index is 534. The summed E-state index contributed by atoms with van der Waals surface area (Å²) in [4.78, 5) is 16.7. The maximum absolute atomic E-state index is 12.6. The van der Waals surface area contributed by atoms with Crippen LogP contribution in [0.3, 0.4) is 0 Å². The van der Waals surface area contributed by atoms with Crippen LogP contribution in [-0.4, -0.2) is 65.2 Å². The number of rotatable bonds is 8. The van der Waals surface area contributed by atoms with Crippen molar-refractivity contribution >= 4 is 11.7 Å². The van der Waals surface area contributed by atoms with Gasteiger partial charge in [0.15, 0.2) is 5.82 Å². The van der Waals surface area contributed by atoms with E-state index in [0.717, 1.165) is 58.7 Å². The summed E-state index contributed by atoms with van der Waals surface area (Å²) in [6, 6.07) is 0. The highest BCUT2D eigenvalue weighted by Gasteiger charge is 2.35. The van der Waals surface area contributed by atoms with Crippen molar-refractivity contribution in [2.45, 2.75) is 25.8 Å². The highest BCUT2D eigenvalue weighted by Crippen LogP contribution is 2.32. The maximum atomic E-state index is 12.6. The van der Waals surface area contributed by atoms with E-state index in [2.05, 4.69) is 21.8 Å². The van der Waals surface area contributed by atoms with Gasteiger partial charge < -0.3 is 4.74 Å². The van der Waals surface area contributed by atoms with Gasteiger partial charge in [-0.25, -0.2) is 0 Å². The lowest BCUT2D eigenvalue weighted by Gasteiger charge is -2.29. The number of morpholine rings is 1. The van der Waals surface area contributed by atoms with E-state index in [9.17, 15) is 4.79 Å². The van der Waals surface area contributed by atoms with Crippen LogP contribution in [-0.2, 0) is 16.1 Å². The third-order valence-corrected chi connectivity index (χ3v) is 4.30. The van der Waals surface area contributed by atoms with Gasteiger partial charge in [0.05, 0.1) is 19.4 Å². The molecule has 0 unspecified atom stereocenters. The number of ether oxygens (including phenoxy) is 1. The number of hydrogen-bond donors (Lipinski definition) is 0. The van der Waals surface area contributed by atoms with E-state index >= 15 is 0 Å². The first-order valence-corrected chi connectivity index (χ1v) is 8.40. The molecule has 1 aliphatic carbocycles. The van der Waals surface area contributed by atoms with E-state index in [1.54, 1.807) is 4.68 Å². The van der Waals surface area contributed by atoms with Crippen molar-refractivity contribution in [3.05, 3.63) is 18.9 Å². The maximum Gasteiger partial charge on any atom is 0.231 e. The number of amides is 1. The van der Waals surface area contributed by atoms with Gasteiger partial charge in [-0.1, -0.05) is 11.3 Å². The largest absolute Gasteiger partial charge is 0.379 e. The van der Waals surface area contributed by atoms with Crippen molar-refractivity contribution in [2.24, 2.45) is 5.92 Å². The predicted molar refractivity (Wildman–Crippen MR) is 87.2 cm³/mol. The van der Waals surface area contributed by atoms with Crippen LogP contribution >= 0.6 is 0 Å². The summed E-state index contributed by atoms with van der Waals surface area (Å²) in [6.07, 6.45) is 6.55. The Labute approximate surface area is 136 Å². The third-order valence-electron chi connectivity index (χ3n) is 4.30. The first-order valence-electron chi connectivity index (χ1n) is 8.40. The summed E-state index contributed by atoms with van der Waals surface area (Å²) < 4.78 is 7.15. The lowest BCUT2D eigenvalue weighted by molar-refractivity contribution is -0.119. The highest BCUT2D eigenvalue weighted by atomic mass is 16.5. The smallest absolute Gasteiger partial charge is 0.231 e. The monoisotopic (exact) mass is 319 g/mol. The Morgan fingerprint density at radius 3 is 2.87 bits per heavy atom. The summed E-state index contributed by atoms with van der Waals surface area (Å²) in [5.41, 5.74) is 0. The number of allylic oxidation sites excluding steroid dienone is 1. The van der Waals surface area contributed by atoms with Crippen LogP contribution in [0.2, 0.25) is 0 Å². The number of hydrogen-bond acceptors (Lipinski definition) is 5. The minimum atomic E-state index is 0.179. The summed E-state index contributed by atoms with van der Waals surface area (Å²) in [5, 5.41) is 8.33. The molecule has 0 aromatic carbocycles. The second kappa shape index (κ2) is 7.70. The molecule has 2 fully saturated rings. The molecule has 0 radical (unpaired) electrons. The summed E-state index contributed by atoms with van der Waals surface area (Å²) in [7, 11) is 0. The molecule has 7 heteroatoms. The van der Waals surface area contributed by atoms with E-state index < -0.39 is 0 Å². The Morgan fingerprint density at radius 2 is 2.17 bits per heavy atom. The minimum absolute atomic E-state index is 0.179. The average molecular weight is 319 g/mol. The van der Waals surface area contributed by atoms with E-state index in [1.165, 1.54) is 0 Å². The number of nitrogens with zero attached hydrogens (tertiary/aromatic N) is 5. The zero-order valence-corrected chi connectivity index (χ0v) is 13.6. The quantitative estimate of drug-likeness (QED) is 0.667. The predicted octanol–water partition coefficient (Wildman–Crippen LogP) is 0.929. The van der Waals surface area contributed by atoms with E-state index in [0.29, 0.717) is 12.4 Å². The fraction of sp³-hybridized carbons (Fsp3) is 0.688. The van der Waals surface area contributed by atoms with Crippen LogP contribution < -0.4 is 4.90 Å². The van der Waals surface area contributed by atoms with Crippen molar-refractivity contribution in [1.29, 1.82) is 0 Å². The highest BCUT2D eigenvalue weighted by molar-refractivity contribution is 5.95. The molecule has 1 aliphatic heterocycles. The Morgan fingerprint density at radius 1 is 1.39 bits per heavy atom. The molecular weight excluding hydrogens is 294 g/mol. The molecule has 2 heterocycles. The van der Waals surface area contributed by atoms with Gasteiger partial charge >= 0.3 is 0 Å². The van der Waals surface area contributed by atoms with Crippen LogP contribution in [0.4, 0.5) is 5.82 Å². The molecule has 1 aromatic rings. The van der Waals surface area contributed by atoms with Crippen LogP contribution in [0.5, 0.6) is 0 Å². The molecule has 0 spiro atoms. The second-order valence-electron chi connectivity index (χ2n) is 6.14. The standard InChI is InChI=1S/C16H25N5O2/c1-2-3-6-20-13-15(17-18-20)21(16(22)14-4-5-14)8-7-19-9-11-23-12-10-19/h2,13-14H,1,3-12H2. The van der Waals surface area contributed by atoms with Crippen LogP contribution in [0, 0.1) is 5.92 Å². The van der Waals surface area contributed by atoms with Gasteiger partial charge in [0, 0.05) is 38.6 Å². The van der Waals surface area contributed by atoms with Gasteiger partial charge in [-0.2, -0.15) is 0 Å². The number of aromatic nitrogens is 3. The molecular formula is C16H25N5O2. The first-order chi connectivity index (χ1) is 11.3. The topological polar surface area (TPSA) is 63.5 Å². The molecule has 3 rings (SSSR count). The van der Waals surface area contributed by atoms with Crippen molar-refractivity contribution in [1.82, 2.24) is 19.9 Å². The number of aryl methyl sites for hydroxylation is 1. The van der Waals surface area contributed by atoms with Crippen molar-refractivity contribution in [3.8, 4) is 0 Å². The average Bonchev–Trinajstić information content (AvgIpc) is 3.34. The molecule has 1 aromatic heterocycles. The van der Waals surface area contributed by atoms with Crippen LogP contribution in [0.15, 0.2) is 18.9 Å². The van der Waals surface area contributed by atoms with E-state index in [-0.39, 0.29) is 11.8 Å². The van der Waals surface area contributed by atoms with Gasteiger partial charge in [-0.3, -0.25) is 19.3 Å². The number of carbonyl (C=O) groups is 1. The fourth-order valence-electron chi connectivity index (χ4n) is 2.70. The Kier molecular flexibility index (Phi) is 5.40.